The van der Waals surface area contributed by atoms with Crippen molar-refractivity contribution in [2.75, 3.05) is 10.6 Å². The Balaban J connectivity index is 1.30. The molecule has 1 heterocycles. The number of nitrogens with zero attached hydrogens (tertiary/aromatic N) is 1. The van der Waals surface area contributed by atoms with E-state index in [1.807, 2.05) is 42.5 Å². The molecule has 0 radical (unpaired) electrons. The number of fused-ring (bicyclic) bond motifs is 1. The molecule has 33 heavy (non-hydrogen) atoms. The molecule has 1 aromatic heterocycles. The molecule has 6 nitrogen and oxygen atoms in total. The SMILES string of the molecule is O=C(Nc1cccc(-c2nc3cc(NC(=O)C4CCCCC4)ccc3o2)c1)C1CCCCC1. The Hall–Kier alpha value is -3.15. The molecule has 2 saturated carbocycles. The molecule has 0 saturated heterocycles. The summed E-state index contributed by atoms with van der Waals surface area (Å²) in [6.45, 7) is 0. The Morgan fingerprint density at radius 1 is 0.758 bits per heavy atom. The van der Waals surface area contributed by atoms with Gasteiger partial charge in [0.15, 0.2) is 5.58 Å². The fourth-order valence-corrected chi connectivity index (χ4v) is 5.08. The first-order valence-corrected chi connectivity index (χ1v) is 12.3. The fraction of sp³-hybridized carbons (Fsp3) is 0.444. The Kier molecular flexibility index (Phi) is 6.42. The van der Waals surface area contributed by atoms with Gasteiger partial charge < -0.3 is 15.1 Å². The van der Waals surface area contributed by atoms with Gasteiger partial charge in [0, 0.05) is 28.8 Å². The lowest BCUT2D eigenvalue weighted by atomic mass is 9.88. The first-order valence-electron chi connectivity index (χ1n) is 12.3. The Labute approximate surface area is 194 Å². The van der Waals surface area contributed by atoms with Crippen LogP contribution in [0.3, 0.4) is 0 Å². The van der Waals surface area contributed by atoms with E-state index >= 15 is 0 Å². The molecule has 0 bridgehead atoms. The maximum absolute atomic E-state index is 12.6. The lowest BCUT2D eigenvalue weighted by Crippen LogP contribution is -2.24. The van der Waals surface area contributed by atoms with Crippen molar-refractivity contribution in [1.29, 1.82) is 0 Å². The van der Waals surface area contributed by atoms with E-state index in [4.69, 9.17) is 4.42 Å². The van der Waals surface area contributed by atoms with Crippen LogP contribution in [0.15, 0.2) is 46.9 Å². The van der Waals surface area contributed by atoms with Crippen LogP contribution in [-0.2, 0) is 9.59 Å². The van der Waals surface area contributed by atoms with E-state index in [2.05, 4.69) is 15.6 Å². The lowest BCUT2D eigenvalue weighted by Gasteiger charge is -2.20. The van der Waals surface area contributed by atoms with Crippen LogP contribution >= 0.6 is 0 Å². The standard InChI is InChI=1S/C27H31N3O3/c31-25(18-8-3-1-4-9-18)28-21-13-7-12-20(16-21)27-30-23-17-22(14-15-24(23)33-27)29-26(32)19-10-5-2-6-11-19/h7,12-19H,1-6,8-11H2,(H,28,31)(H,29,32). The van der Waals surface area contributed by atoms with E-state index in [9.17, 15) is 9.59 Å². The summed E-state index contributed by atoms with van der Waals surface area (Å²) in [7, 11) is 0. The minimum absolute atomic E-state index is 0.0965. The molecule has 2 fully saturated rings. The second kappa shape index (κ2) is 9.77. The third-order valence-corrected chi connectivity index (χ3v) is 6.98. The number of carbonyl (C=O) groups excluding carboxylic acids is 2. The summed E-state index contributed by atoms with van der Waals surface area (Å²) < 4.78 is 5.97. The molecule has 0 atom stereocenters. The Bertz CT molecular complexity index is 1140. The quantitative estimate of drug-likeness (QED) is 0.467. The van der Waals surface area contributed by atoms with Crippen molar-refractivity contribution in [3.8, 4) is 11.5 Å². The normalized spacial score (nSPS) is 17.7. The van der Waals surface area contributed by atoms with Crippen LogP contribution in [0.5, 0.6) is 0 Å². The molecule has 0 unspecified atom stereocenters. The Morgan fingerprint density at radius 3 is 2.00 bits per heavy atom. The molecular formula is C27H31N3O3. The van der Waals surface area contributed by atoms with Crippen LogP contribution < -0.4 is 10.6 Å². The van der Waals surface area contributed by atoms with Crippen molar-refractivity contribution in [3.05, 3.63) is 42.5 Å². The van der Waals surface area contributed by atoms with E-state index in [1.165, 1.54) is 12.8 Å². The highest BCUT2D eigenvalue weighted by molar-refractivity contribution is 5.95. The van der Waals surface area contributed by atoms with Crippen LogP contribution in [0, 0.1) is 11.8 Å². The minimum atomic E-state index is 0.0965. The average molecular weight is 446 g/mol. The summed E-state index contributed by atoms with van der Waals surface area (Å²) >= 11 is 0. The number of nitrogens with one attached hydrogen (secondary N) is 2. The molecule has 3 aromatic rings. The largest absolute Gasteiger partial charge is 0.436 e. The Morgan fingerprint density at radius 2 is 1.36 bits per heavy atom. The highest BCUT2D eigenvalue weighted by Gasteiger charge is 2.22. The lowest BCUT2D eigenvalue weighted by molar-refractivity contribution is -0.121. The molecule has 2 aliphatic carbocycles. The highest BCUT2D eigenvalue weighted by Crippen LogP contribution is 2.30. The summed E-state index contributed by atoms with van der Waals surface area (Å²) in [4.78, 5) is 29.8. The zero-order valence-corrected chi connectivity index (χ0v) is 18.9. The molecule has 6 heteroatoms. The van der Waals surface area contributed by atoms with Crippen molar-refractivity contribution in [3.63, 3.8) is 0 Å². The molecule has 2 aliphatic rings. The van der Waals surface area contributed by atoms with Gasteiger partial charge in [0.1, 0.15) is 5.52 Å². The van der Waals surface area contributed by atoms with Gasteiger partial charge in [-0.05, 0) is 62.1 Å². The van der Waals surface area contributed by atoms with Crippen LogP contribution in [0.4, 0.5) is 11.4 Å². The topological polar surface area (TPSA) is 84.2 Å². The zero-order valence-electron chi connectivity index (χ0n) is 18.9. The van der Waals surface area contributed by atoms with Gasteiger partial charge in [-0.3, -0.25) is 9.59 Å². The third-order valence-electron chi connectivity index (χ3n) is 6.98. The van der Waals surface area contributed by atoms with Crippen molar-refractivity contribution >= 4 is 34.3 Å². The van der Waals surface area contributed by atoms with Gasteiger partial charge in [0.2, 0.25) is 17.7 Å². The highest BCUT2D eigenvalue weighted by atomic mass is 16.3. The molecular weight excluding hydrogens is 414 g/mol. The molecule has 2 amide bonds. The maximum atomic E-state index is 12.6. The van der Waals surface area contributed by atoms with E-state index in [-0.39, 0.29) is 23.7 Å². The molecule has 5 rings (SSSR count). The summed E-state index contributed by atoms with van der Waals surface area (Å²) in [5.41, 5.74) is 3.66. The van der Waals surface area contributed by atoms with E-state index in [0.29, 0.717) is 17.0 Å². The smallest absolute Gasteiger partial charge is 0.227 e. The maximum Gasteiger partial charge on any atom is 0.227 e. The minimum Gasteiger partial charge on any atom is -0.436 e. The summed E-state index contributed by atoms with van der Waals surface area (Å²) in [6, 6.07) is 13.2. The van der Waals surface area contributed by atoms with Gasteiger partial charge in [-0.25, -0.2) is 4.98 Å². The monoisotopic (exact) mass is 445 g/mol. The van der Waals surface area contributed by atoms with Gasteiger partial charge in [0.05, 0.1) is 0 Å². The van der Waals surface area contributed by atoms with E-state index in [0.717, 1.165) is 68.3 Å². The molecule has 172 valence electrons. The van der Waals surface area contributed by atoms with Crippen molar-refractivity contribution in [2.45, 2.75) is 64.2 Å². The summed E-state index contributed by atoms with van der Waals surface area (Å²) in [5.74, 6) is 0.902. The van der Waals surface area contributed by atoms with Crippen LogP contribution in [0.2, 0.25) is 0 Å². The van der Waals surface area contributed by atoms with Gasteiger partial charge in [-0.2, -0.15) is 0 Å². The number of hydrogen-bond acceptors (Lipinski definition) is 4. The second-order valence-corrected chi connectivity index (χ2v) is 9.43. The van der Waals surface area contributed by atoms with Crippen LogP contribution in [0.1, 0.15) is 64.2 Å². The number of rotatable bonds is 5. The predicted molar refractivity (Wildman–Crippen MR) is 130 cm³/mol. The van der Waals surface area contributed by atoms with Crippen molar-refractivity contribution in [1.82, 2.24) is 4.98 Å². The third kappa shape index (κ3) is 5.10. The van der Waals surface area contributed by atoms with Gasteiger partial charge in [0.25, 0.3) is 0 Å². The predicted octanol–water partition coefficient (Wildman–Crippen LogP) is 6.53. The summed E-state index contributed by atoms with van der Waals surface area (Å²) in [6.07, 6.45) is 10.8. The summed E-state index contributed by atoms with van der Waals surface area (Å²) in [5, 5.41) is 6.11. The molecule has 0 spiro atoms. The van der Waals surface area contributed by atoms with Gasteiger partial charge in [-0.15, -0.1) is 0 Å². The van der Waals surface area contributed by atoms with Gasteiger partial charge in [-0.1, -0.05) is 44.6 Å². The van der Waals surface area contributed by atoms with E-state index < -0.39 is 0 Å². The average Bonchev–Trinajstić information content (AvgIpc) is 3.29. The number of oxazole rings is 1. The van der Waals surface area contributed by atoms with Crippen LogP contribution in [0.25, 0.3) is 22.6 Å². The molecule has 2 N–H and O–H groups in total. The molecule has 0 aliphatic heterocycles. The number of aromatic nitrogens is 1. The van der Waals surface area contributed by atoms with Crippen molar-refractivity contribution in [2.24, 2.45) is 11.8 Å². The number of anilines is 2. The van der Waals surface area contributed by atoms with Crippen LogP contribution in [-0.4, -0.2) is 16.8 Å². The fourth-order valence-electron chi connectivity index (χ4n) is 5.08. The second-order valence-electron chi connectivity index (χ2n) is 9.43. The number of hydrogen-bond donors (Lipinski definition) is 2. The number of carbonyl (C=O) groups is 2. The first kappa shape index (κ1) is 21.7. The van der Waals surface area contributed by atoms with Crippen molar-refractivity contribution < 1.29 is 14.0 Å². The number of amides is 2. The number of benzene rings is 2. The van der Waals surface area contributed by atoms with Gasteiger partial charge >= 0.3 is 0 Å². The molecule has 2 aromatic carbocycles. The van der Waals surface area contributed by atoms with E-state index in [1.54, 1.807) is 0 Å². The first-order chi connectivity index (χ1) is 16.2. The zero-order chi connectivity index (χ0) is 22.6.